The van der Waals surface area contributed by atoms with Crippen LogP contribution in [0.1, 0.15) is 30.9 Å². The molecule has 1 aromatic carbocycles. The highest BCUT2D eigenvalue weighted by atomic mass is 16.2. The highest BCUT2D eigenvalue weighted by molar-refractivity contribution is 5.80. The molecule has 2 atom stereocenters. The first-order valence-electron chi connectivity index (χ1n) is 9.49. The van der Waals surface area contributed by atoms with Crippen molar-refractivity contribution in [3.8, 4) is 0 Å². The first-order chi connectivity index (χ1) is 12.7. The lowest BCUT2D eigenvalue weighted by Gasteiger charge is -2.44. The zero-order valence-electron chi connectivity index (χ0n) is 14.9. The summed E-state index contributed by atoms with van der Waals surface area (Å²) >= 11 is 0. The summed E-state index contributed by atoms with van der Waals surface area (Å²) in [5, 5.41) is 0. The lowest BCUT2D eigenvalue weighted by molar-refractivity contribution is -0.138. The van der Waals surface area contributed by atoms with Gasteiger partial charge in [-0.3, -0.25) is 19.9 Å². The lowest BCUT2D eigenvalue weighted by Crippen LogP contribution is -2.61. The Hall–Kier alpha value is -2.18. The molecule has 0 spiro atoms. The number of hydrogen-bond acceptors (Lipinski definition) is 4. The van der Waals surface area contributed by atoms with Crippen LogP contribution in [0.5, 0.6) is 0 Å². The third kappa shape index (κ3) is 3.52. The van der Waals surface area contributed by atoms with Gasteiger partial charge in [0.15, 0.2) is 0 Å². The summed E-state index contributed by atoms with van der Waals surface area (Å²) in [6, 6.07) is 10.4. The molecule has 2 fully saturated rings. The first-order valence-corrected chi connectivity index (χ1v) is 9.49. The van der Waals surface area contributed by atoms with Crippen molar-refractivity contribution in [3.63, 3.8) is 0 Å². The molecule has 0 aromatic heterocycles. The predicted molar refractivity (Wildman–Crippen MR) is 98.9 cm³/mol. The Morgan fingerprint density at radius 2 is 1.69 bits per heavy atom. The third-order valence-corrected chi connectivity index (χ3v) is 5.76. The number of piperazine rings is 1. The summed E-state index contributed by atoms with van der Waals surface area (Å²) in [6.07, 6.45) is 6.45. The van der Waals surface area contributed by atoms with E-state index in [4.69, 9.17) is 0 Å². The van der Waals surface area contributed by atoms with Gasteiger partial charge >= 0.3 is 0 Å². The van der Waals surface area contributed by atoms with Crippen LogP contribution in [0.2, 0.25) is 0 Å². The summed E-state index contributed by atoms with van der Waals surface area (Å²) < 4.78 is 0. The minimum Gasteiger partial charge on any atom is -0.340 e. The van der Waals surface area contributed by atoms with Crippen molar-refractivity contribution in [3.05, 3.63) is 48.0 Å². The van der Waals surface area contributed by atoms with E-state index < -0.39 is 0 Å². The molecule has 0 bridgehead atoms. The van der Waals surface area contributed by atoms with Crippen LogP contribution in [-0.2, 0) is 9.59 Å². The molecule has 2 amide bonds. The second-order valence-corrected chi connectivity index (χ2v) is 7.35. The summed E-state index contributed by atoms with van der Waals surface area (Å²) in [5.74, 6) is 0.451. The maximum absolute atomic E-state index is 12.6. The summed E-state index contributed by atoms with van der Waals surface area (Å²) in [7, 11) is 0. The number of rotatable bonds is 3. The molecule has 6 heteroatoms. The zero-order chi connectivity index (χ0) is 17.9. The Balaban J connectivity index is 1.41. The number of benzene rings is 1. The molecule has 1 aliphatic carbocycles. The van der Waals surface area contributed by atoms with Gasteiger partial charge in [-0.15, -0.1) is 0 Å². The van der Waals surface area contributed by atoms with Crippen molar-refractivity contribution < 1.29 is 9.59 Å². The number of allylic oxidation sites excluding steroid dienone is 2. The maximum Gasteiger partial charge on any atom is 0.235 e. The Bertz CT molecular complexity index is 674. The molecule has 138 valence electrons. The summed E-state index contributed by atoms with van der Waals surface area (Å²) in [4.78, 5) is 28.9. The lowest BCUT2D eigenvalue weighted by atomic mass is 9.93. The van der Waals surface area contributed by atoms with Crippen LogP contribution in [0.15, 0.2) is 42.5 Å². The fourth-order valence-corrected chi connectivity index (χ4v) is 4.27. The Labute approximate surface area is 154 Å². The molecule has 2 unspecified atom stereocenters. The maximum atomic E-state index is 12.6. The van der Waals surface area contributed by atoms with Gasteiger partial charge in [-0.2, -0.15) is 0 Å². The smallest absolute Gasteiger partial charge is 0.235 e. The van der Waals surface area contributed by atoms with Gasteiger partial charge in [0.1, 0.15) is 0 Å². The largest absolute Gasteiger partial charge is 0.340 e. The van der Waals surface area contributed by atoms with Crippen LogP contribution in [0, 0.1) is 5.92 Å². The van der Waals surface area contributed by atoms with Gasteiger partial charge in [0.2, 0.25) is 11.8 Å². The van der Waals surface area contributed by atoms with Crippen LogP contribution in [0.3, 0.4) is 0 Å². The Morgan fingerprint density at radius 1 is 1.00 bits per heavy atom. The number of nitrogens with zero attached hydrogens (tertiary/aromatic N) is 2. The van der Waals surface area contributed by atoms with Crippen LogP contribution >= 0.6 is 0 Å². The first kappa shape index (κ1) is 17.2. The van der Waals surface area contributed by atoms with Gasteiger partial charge in [-0.1, -0.05) is 42.5 Å². The minimum absolute atomic E-state index is 0.0257. The number of hydrazine groups is 1. The van der Waals surface area contributed by atoms with E-state index >= 15 is 0 Å². The highest BCUT2D eigenvalue weighted by Gasteiger charge is 2.37. The van der Waals surface area contributed by atoms with Gasteiger partial charge in [-0.25, -0.2) is 5.43 Å². The van der Waals surface area contributed by atoms with E-state index in [0.29, 0.717) is 6.42 Å². The average molecular weight is 354 g/mol. The molecule has 2 heterocycles. The van der Waals surface area contributed by atoms with Crippen LogP contribution in [0.4, 0.5) is 0 Å². The third-order valence-electron chi connectivity index (χ3n) is 5.76. The molecule has 2 aliphatic heterocycles. The van der Waals surface area contributed by atoms with Gasteiger partial charge in [-0.05, 0) is 18.4 Å². The van der Waals surface area contributed by atoms with E-state index in [0.717, 1.165) is 39.0 Å². The van der Waals surface area contributed by atoms with E-state index in [1.807, 2.05) is 23.1 Å². The summed E-state index contributed by atoms with van der Waals surface area (Å²) in [5.41, 5.74) is 7.13. The molecule has 4 rings (SSSR count). The van der Waals surface area contributed by atoms with Crippen molar-refractivity contribution in [2.24, 2.45) is 5.92 Å². The molecule has 0 radical (unpaired) electrons. The van der Waals surface area contributed by atoms with Crippen molar-refractivity contribution in [2.45, 2.75) is 31.3 Å². The fourth-order valence-electron chi connectivity index (χ4n) is 4.27. The van der Waals surface area contributed by atoms with Gasteiger partial charge in [0, 0.05) is 44.6 Å². The zero-order valence-corrected chi connectivity index (χ0v) is 14.9. The van der Waals surface area contributed by atoms with Crippen molar-refractivity contribution >= 4 is 11.8 Å². The van der Waals surface area contributed by atoms with E-state index in [9.17, 15) is 9.59 Å². The number of amides is 2. The van der Waals surface area contributed by atoms with Crippen LogP contribution in [-0.4, -0.2) is 53.8 Å². The number of hydrogen-bond donors (Lipinski definition) is 2. The topological polar surface area (TPSA) is 64.7 Å². The Kier molecular flexibility index (Phi) is 5.04. The second-order valence-electron chi connectivity index (χ2n) is 7.35. The van der Waals surface area contributed by atoms with Gasteiger partial charge in [0.25, 0.3) is 0 Å². The van der Waals surface area contributed by atoms with Gasteiger partial charge < -0.3 is 4.90 Å². The van der Waals surface area contributed by atoms with Crippen molar-refractivity contribution in [1.82, 2.24) is 20.7 Å². The molecular formula is C20H26N4O2. The van der Waals surface area contributed by atoms with Gasteiger partial charge in [0.05, 0.1) is 6.04 Å². The van der Waals surface area contributed by atoms with Crippen molar-refractivity contribution in [2.75, 3.05) is 26.2 Å². The summed E-state index contributed by atoms with van der Waals surface area (Å²) in [6.45, 7) is 3.12. The monoisotopic (exact) mass is 354 g/mol. The molecule has 6 nitrogen and oxygen atoms in total. The molecule has 0 saturated carbocycles. The predicted octanol–water partition coefficient (Wildman–Crippen LogP) is 1.23. The second kappa shape index (κ2) is 7.60. The average Bonchev–Trinajstić information content (AvgIpc) is 3.23. The van der Waals surface area contributed by atoms with E-state index in [2.05, 4.69) is 40.0 Å². The van der Waals surface area contributed by atoms with Crippen LogP contribution in [0.25, 0.3) is 0 Å². The molecule has 2 saturated heterocycles. The number of carbonyl (C=O) groups is 2. The minimum atomic E-state index is 0.0257. The number of carbonyl (C=O) groups excluding carboxylic acids is 2. The van der Waals surface area contributed by atoms with Crippen LogP contribution < -0.4 is 10.9 Å². The highest BCUT2D eigenvalue weighted by Crippen LogP contribution is 2.27. The normalized spacial score (nSPS) is 27.5. The standard InChI is InChI=1S/C20H26N4O2/c25-18-14-17(19(22-21-18)15-6-2-1-3-7-15)23-10-12-24(13-11-23)20(26)16-8-4-5-9-16/h1-7,16-17,19,22H,8-14H2,(H,21,25). The Morgan fingerprint density at radius 3 is 2.38 bits per heavy atom. The molecule has 1 aromatic rings. The van der Waals surface area contributed by atoms with E-state index in [1.54, 1.807) is 0 Å². The van der Waals surface area contributed by atoms with Crippen molar-refractivity contribution in [1.29, 1.82) is 0 Å². The SMILES string of the molecule is O=C1CC(N2CCN(C(=O)C3CC=CC3)CC2)C(c2ccccc2)NN1. The molecular weight excluding hydrogens is 328 g/mol. The molecule has 26 heavy (non-hydrogen) atoms. The van der Waals surface area contributed by atoms with E-state index in [1.165, 1.54) is 5.56 Å². The fraction of sp³-hybridized carbons (Fsp3) is 0.500. The molecule has 3 aliphatic rings. The quantitative estimate of drug-likeness (QED) is 0.802. The molecule has 2 N–H and O–H groups in total. The van der Waals surface area contributed by atoms with E-state index in [-0.39, 0.29) is 29.8 Å². The number of nitrogens with one attached hydrogen (secondary N) is 2.